The molecule has 0 radical (unpaired) electrons. The highest BCUT2D eigenvalue weighted by atomic mass is 14.8. The summed E-state index contributed by atoms with van der Waals surface area (Å²) in [6, 6.07) is 19.0. The van der Waals surface area contributed by atoms with Gasteiger partial charge in [-0.25, -0.2) is 0 Å². The Kier molecular flexibility index (Phi) is 4.94. The summed E-state index contributed by atoms with van der Waals surface area (Å²) < 4.78 is 0. The standard InChI is InChI=1S/C16H20N2/c17-12-15-6-8-16(9-7-15)13-18-11-10-14-4-2-1-3-5-14/h1-9,18H,10-13,17H2. The van der Waals surface area contributed by atoms with Gasteiger partial charge in [0.05, 0.1) is 0 Å². The Hall–Kier alpha value is -1.64. The van der Waals surface area contributed by atoms with Crippen LogP contribution in [0.5, 0.6) is 0 Å². The van der Waals surface area contributed by atoms with E-state index in [4.69, 9.17) is 5.73 Å². The van der Waals surface area contributed by atoms with Crippen molar-refractivity contribution in [1.29, 1.82) is 0 Å². The van der Waals surface area contributed by atoms with E-state index >= 15 is 0 Å². The Morgan fingerprint density at radius 2 is 1.44 bits per heavy atom. The molecule has 2 aromatic carbocycles. The van der Waals surface area contributed by atoms with Crippen LogP contribution in [0.4, 0.5) is 0 Å². The molecular weight excluding hydrogens is 220 g/mol. The predicted molar refractivity (Wildman–Crippen MR) is 76.2 cm³/mol. The van der Waals surface area contributed by atoms with Crippen molar-refractivity contribution in [3.05, 3.63) is 71.3 Å². The lowest BCUT2D eigenvalue weighted by Crippen LogP contribution is -2.16. The summed E-state index contributed by atoms with van der Waals surface area (Å²) in [7, 11) is 0. The fraction of sp³-hybridized carbons (Fsp3) is 0.250. The van der Waals surface area contributed by atoms with E-state index < -0.39 is 0 Å². The van der Waals surface area contributed by atoms with Crippen LogP contribution in [0.25, 0.3) is 0 Å². The molecular formula is C16H20N2. The van der Waals surface area contributed by atoms with E-state index in [9.17, 15) is 0 Å². The molecule has 0 aliphatic carbocycles. The number of nitrogens with two attached hydrogens (primary N) is 1. The largest absolute Gasteiger partial charge is 0.326 e. The van der Waals surface area contributed by atoms with Crippen molar-refractivity contribution in [2.45, 2.75) is 19.5 Å². The van der Waals surface area contributed by atoms with E-state index in [1.807, 2.05) is 0 Å². The van der Waals surface area contributed by atoms with Crippen molar-refractivity contribution in [2.24, 2.45) is 5.73 Å². The van der Waals surface area contributed by atoms with Gasteiger partial charge in [-0.3, -0.25) is 0 Å². The zero-order chi connectivity index (χ0) is 12.6. The average molecular weight is 240 g/mol. The van der Waals surface area contributed by atoms with E-state index in [2.05, 4.69) is 59.9 Å². The molecule has 2 heteroatoms. The second-order valence-electron chi connectivity index (χ2n) is 4.43. The van der Waals surface area contributed by atoms with E-state index in [0.717, 1.165) is 19.5 Å². The van der Waals surface area contributed by atoms with Crippen LogP contribution in [-0.2, 0) is 19.5 Å². The van der Waals surface area contributed by atoms with Crippen molar-refractivity contribution in [1.82, 2.24) is 5.32 Å². The highest BCUT2D eigenvalue weighted by molar-refractivity contribution is 5.22. The van der Waals surface area contributed by atoms with Gasteiger partial charge in [0, 0.05) is 13.1 Å². The molecule has 0 fully saturated rings. The normalized spacial score (nSPS) is 10.5. The molecule has 0 aromatic heterocycles. The van der Waals surface area contributed by atoms with Crippen molar-refractivity contribution in [2.75, 3.05) is 6.54 Å². The van der Waals surface area contributed by atoms with E-state index in [1.54, 1.807) is 0 Å². The van der Waals surface area contributed by atoms with Crippen LogP contribution in [0.2, 0.25) is 0 Å². The molecule has 0 aliphatic rings. The molecule has 18 heavy (non-hydrogen) atoms. The van der Waals surface area contributed by atoms with Crippen LogP contribution in [0, 0.1) is 0 Å². The Morgan fingerprint density at radius 3 is 2.11 bits per heavy atom. The maximum atomic E-state index is 5.57. The van der Waals surface area contributed by atoms with Crippen LogP contribution >= 0.6 is 0 Å². The number of hydrogen-bond acceptors (Lipinski definition) is 2. The smallest absolute Gasteiger partial charge is 0.0205 e. The van der Waals surface area contributed by atoms with E-state index in [0.29, 0.717) is 6.54 Å². The van der Waals surface area contributed by atoms with Crippen molar-refractivity contribution in [3.63, 3.8) is 0 Å². The second kappa shape index (κ2) is 6.94. The third kappa shape index (κ3) is 3.99. The summed E-state index contributed by atoms with van der Waals surface area (Å²) >= 11 is 0. The van der Waals surface area contributed by atoms with E-state index in [1.165, 1.54) is 16.7 Å². The number of nitrogens with one attached hydrogen (secondary N) is 1. The molecule has 0 heterocycles. The molecule has 3 N–H and O–H groups in total. The van der Waals surface area contributed by atoms with Gasteiger partial charge in [-0.1, -0.05) is 54.6 Å². The van der Waals surface area contributed by atoms with Crippen LogP contribution in [0.15, 0.2) is 54.6 Å². The molecule has 0 saturated carbocycles. The first-order valence-corrected chi connectivity index (χ1v) is 6.41. The van der Waals surface area contributed by atoms with Gasteiger partial charge in [0.1, 0.15) is 0 Å². The van der Waals surface area contributed by atoms with E-state index in [-0.39, 0.29) is 0 Å². The molecule has 2 nitrogen and oxygen atoms in total. The summed E-state index contributed by atoms with van der Waals surface area (Å²) in [6.45, 7) is 2.53. The number of benzene rings is 2. The highest BCUT2D eigenvalue weighted by Gasteiger charge is 1.94. The first kappa shape index (κ1) is 12.8. The lowest BCUT2D eigenvalue weighted by molar-refractivity contribution is 0.687. The summed E-state index contributed by atoms with van der Waals surface area (Å²) in [5.74, 6) is 0. The Labute approximate surface area is 109 Å². The first-order chi connectivity index (χ1) is 8.88. The summed E-state index contributed by atoms with van der Waals surface area (Å²) in [5, 5.41) is 3.46. The lowest BCUT2D eigenvalue weighted by Gasteiger charge is -2.06. The van der Waals surface area contributed by atoms with Crippen molar-refractivity contribution in [3.8, 4) is 0 Å². The van der Waals surface area contributed by atoms with Gasteiger partial charge in [0.15, 0.2) is 0 Å². The molecule has 0 atom stereocenters. The second-order valence-corrected chi connectivity index (χ2v) is 4.43. The zero-order valence-corrected chi connectivity index (χ0v) is 10.6. The minimum Gasteiger partial charge on any atom is -0.326 e. The summed E-state index contributed by atoms with van der Waals surface area (Å²) in [5.41, 5.74) is 9.44. The van der Waals surface area contributed by atoms with Gasteiger partial charge >= 0.3 is 0 Å². The summed E-state index contributed by atoms with van der Waals surface area (Å²) in [6.07, 6.45) is 1.07. The van der Waals surface area contributed by atoms with Crippen LogP contribution < -0.4 is 11.1 Å². The SMILES string of the molecule is NCc1ccc(CNCCc2ccccc2)cc1. The predicted octanol–water partition coefficient (Wildman–Crippen LogP) is 2.48. The monoisotopic (exact) mass is 240 g/mol. The molecule has 0 unspecified atom stereocenters. The Morgan fingerprint density at radius 1 is 0.778 bits per heavy atom. The zero-order valence-electron chi connectivity index (χ0n) is 10.6. The summed E-state index contributed by atoms with van der Waals surface area (Å²) in [4.78, 5) is 0. The number of hydrogen-bond donors (Lipinski definition) is 2. The minimum absolute atomic E-state index is 0.613. The van der Waals surface area contributed by atoms with Crippen LogP contribution in [0.1, 0.15) is 16.7 Å². The molecule has 2 aromatic rings. The van der Waals surface area contributed by atoms with Crippen LogP contribution in [-0.4, -0.2) is 6.54 Å². The average Bonchev–Trinajstić information content (AvgIpc) is 2.45. The van der Waals surface area contributed by atoms with Gasteiger partial charge < -0.3 is 11.1 Å². The quantitative estimate of drug-likeness (QED) is 0.761. The van der Waals surface area contributed by atoms with Gasteiger partial charge in [-0.05, 0) is 29.7 Å². The van der Waals surface area contributed by atoms with Gasteiger partial charge in [0.25, 0.3) is 0 Å². The molecule has 0 saturated heterocycles. The third-order valence-electron chi connectivity index (χ3n) is 3.02. The maximum Gasteiger partial charge on any atom is 0.0205 e. The lowest BCUT2D eigenvalue weighted by atomic mass is 10.1. The maximum absolute atomic E-state index is 5.57. The number of rotatable bonds is 6. The molecule has 94 valence electrons. The molecule has 2 rings (SSSR count). The third-order valence-corrected chi connectivity index (χ3v) is 3.02. The van der Waals surface area contributed by atoms with Crippen molar-refractivity contribution < 1.29 is 0 Å². The highest BCUT2D eigenvalue weighted by Crippen LogP contribution is 2.03. The van der Waals surface area contributed by atoms with Gasteiger partial charge in [-0.15, -0.1) is 0 Å². The molecule has 0 spiro atoms. The van der Waals surface area contributed by atoms with Crippen molar-refractivity contribution >= 4 is 0 Å². The molecule has 0 aliphatic heterocycles. The first-order valence-electron chi connectivity index (χ1n) is 6.41. The topological polar surface area (TPSA) is 38.0 Å². The van der Waals surface area contributed by atoms with Crippen LogP contribution in [0.3, 0.4) is 0 Å². The Balaban J connectivity index is 1.72. The van der Waals surface area contributed by atoms with Gasteiger partial charge in [0.2, 0.25) is 0 Å². The fourth-order valence-corrected chi connectivity index (χ4v) is 1.90. The molecule has 0 bridgehead atoms. The molecule has 0 amide bonds. The fourth-order valence-electron chi connectivity index (χ4n) is 1.90. The minimum atomic E-state index is 0.613. The van der Waals surface area contributed by atoms with Gasteiger partial charge in [-0.2, -0.15) is 0 Å². The Bertz CT molecular complexity index is 448.